The first-order valence-electron chi connectivity index (χ1n) is 8.75. The molecule has 1 aliphatic rings. The zero-order chi connectivity index (χ0) is 18.7. The van der Waals surface area contributed by atoms with Gasteiger partial charge in [0.25, 0.3) is 0 Å². The van der Waals surface area contributed by atoms with Crippen LogP contribution in [0.4, 0.5) is 18.9 Å². The van der Waals surface area contributed by atoms with Crippen LogP contribution < -0.4 is 4.90 Å². The number of nitrogens with zero attached hydrogens (tertiary/aromatic N) is 2. The van der Waals surface area contributed by atoms with Crippen LogP contribution in [-0.4, -0.2) is 42.2 Å². The van der Waals surface area contributed by atoms with Gasteiger partial charge in [-0.2, -0.15) is 13.2 Å². The lowest BCUT2D eigenvalue weighted by atomic mass is 10.0. The van der Waals surface area contributed by atoms with Crippen LogP contribution in [0.1, 0.15) is 24.2 Å². The Morgan fingerprint density at radius 2 is 1.58 bits per heavy atom. The summed E-state index contributed by atoms with van der Waals surface area (Å²) in [5.41, 5.74) is 0.848. The maximum atomic E-state index is 12.9. The molecule has 3 rings (SSSR count). The molecule has 2 atom stereocenters. The van der Waals surface area contributed by atoms with E-state index in [9.17, 15) is 18.3 Å². The molecule has 2 aromatic rings. The van der Waals surface area contributed by atoms with Crippen molar-refractivity contribution in [2.24, 2.45) is 0 Å². The molecule has 0 amide bonds. The van der Waals surface area contributed by atoms with Gasteiger partial charge in [0.1, 0.15) is 0 Å². The maximum Gasteiger partial charge on any atom is 0.416 e. The lowest BCUT2D eigenvalue weighted by Crippen LogP contribution is -2.51. The second kappa shape index (κ2) is 7.68. The van der Waals surface area contributed by atoms with Crippen LogP contribution in [0.5, 0.6) is 0 Å². The van der Waals surface area contributed by atoms with Gasteiger partial charge in [-0.3, -0.25) is 4.90 Å². The third-order valence-corrected chi connectivity index (χ3v) is 5.03. The molecule has 0 radical (unpaired) electrons. The van der Waals surface area contributed by atoms with E-state index in [2.05, 4.69) is 4.90 Å². The minimum atomic E-state index is -4.33. The lowest BCUT2D eigenvalue weighted by molar-refractivity contribution is -0.137. The number of aliphatic hydroxyl groups is 1. The molecular weight excluding hydrogens is 341 g/mol. The van der Waals surface area contributed by atoms with E-state index in [4.69, 9.17) is 0 Å². The minimum absolute atomic E-state index is 0.0546. The van der Waals surface area contributed by atoms with Crippen LogP contribution in [0.15, 0.2) is 54.6 Å². The van der Waals surface area contributed by atoms with Gasteiger partial charge in [0.05, 0.1) is 11.7 Å². The highest BCUT2D eigenvalue weighted by molar-refractivity contribution is 5.49. The molecular formula is C20H23F3N2O. The van der Waals surface area contributed by atoms with E-state index in [1.54, 1.807) is 6.07 Å². The lowest BCUT2D eigenvalue weighted by Gasteiger charge is -2.40. The highest BCUT2D eigenvalue weighted by Crippen LogP contribution is 2.32. The average Bonchev–Trinajstić information content (AvgIpc) is 2.67. The van der Waals surface area contributed by atoms with Gasteiger partial charge in [-0.15, -0.1) is 0 Å². The molecule has 2 unspecified atom stereocenters. The van der Waals surface area contributed by atoms with Crippen molar-refractivity contribution in [2.75, 3.05) is 31.1 Å². The first kappa shape index (κ1) is 18.7. The van der Waals surface area contributed by atoms with Crippen molar-refractivity contribution >= 4 is 5.69 Å². The summed E-state index contributed by atoms with van der Waals surface area (Å²) in [6.07, 6.45) is -4.91. The van der Waals surface area contributed by atoms with Crippen LogP contribution in [0, 0.1) is 0 Å². The number of aliphatic hydroxyl groups excluding tert-OH is 1. The number of rotatable bonds is 4. The highest BCUT2D eigenvalue weighted by Gasteiger charge is 2.31. The fraction of sp³-hybridized carbons (Fsp3) is 0.400. The average molecular weight is 364 g/mol. The predicted molar refractivity (Wildman–Crippen MR) is 96.1 cm³/mol. The van der Waals surface area contributed by atoms with Crippen molar-refractivity contribution < 1.29 is 18.3 Å². The number of alkyl halides is 3. The monoisotopic (exact) mass is 364 g/mol. The van der Waals surface area contributed by atoms with E-state index in [0.717, 1.165) is 11.6 Å². The summed E-state index contributed by atoms with van der Waals surface area (Å²) in [5.74, 6) is 0. The topological polar surface area (TPSA) is 26.7 Å². The van der Waals surface area contributed by atoms with Gasteiger partial charge < -0.3 is 10.0 Å². The molecule has 0 aliphatic carbocycles. The first-order chi connectivity index (χ1) is 12.4. The Morgan fingerprint density at radius 1 is 0.923 bits per heavy atom. The number of piperazine rings is 1. The normalized spacial score (nSPS) is 18.6. The van der Waals surface area contributed by atoms with Gasteiger partial charge in [0.15, 0.2) is 0 Å². The second-order valence-corrected chi connectivity index (χ2v) is 6.67. The molecule has 3 nitrogen and oxygen atoms in total. The Morgan fingerprint density at radius 3 is 2.19 bits per heavy atom. The number of halogens is 3. The van der Waals surface area contributed by atoms with E-state index < -0.39 is 17.8 Å². The number of hydrogen-bond donors (Lipinski definition) is 1. The predicted octanol–water partition coefficient (Wildman–Crippen LogP) is 3.95. The van der Waals surface area contributed by atoms with E-state index in [-0.39, 0.29) is 6.04 Å². The van der Waals surface area contributed by atoms with Gasteiger partial charge in [-0.25, -0.2) is 0 Å². The van der Waals surface area contributed by atoms with Crippen LogP contribution in [0.2, 0.25) is 0 Å². The van der Waals surface area contributed by atoms with Crippen molar-refractivity contribution in [1.82, 2.24) is 4.90 Å². The van der Waals surface area contributed by atoms with Gasteiger partial charge in [-0.05, 0) is 30.7 Å². The largest absolute Gasteiger partial charge is 0.416 e. The summed E-state index contributed by atoms with van der Waals surface area (Å²) in [6, 6.07) is 14.9. The maximum absolute atomic E-state index is 12.9. The van der Waals surface area contributed by atoms with E-state index in [0.29, 0.717) is 31.9 Å². The number of anilines is 1. The van der Waals surface area contributed by atoms with Gasteiger partial charge in [0, 0.05) is 37.9 Å². The van der Waals surface area contributed by atoms with Crippen molar-refractivity contribution in [2.45, 2.75) is 25.2 Å². The molecule has 0 saturated carbocycles. The summed E-state index contributed by atoms with van der Waals surface area (Å²) >= 11 is 0. The van der Waals surface area contributed by atoms with Crippen LogP contribution in [0.3, 0.4) is 0 Å². The summed E-state index contributed by atoms with van der Waals surface area (Å²) in [4.78, 5) is 4.15. The molecule has 0 bridgehead atoms. The van der Waals surface area contributed by atoms with Gasteiger partial charge in [-0.1, -0.05) is 36.4 Å². The molecule has 1 fully saturated rings. The van der Waals surface area contributed by atoms with Gasteiger partial charge in [0.2, 0.25) is 0 Å². The molecule has 1 aliphatic heterocycles. The molecule has 140 valence electrons. The third-order valence-electron chi connectivity index (χ3n) is 5.03. The molecule has 0 spiro atoms. The molecule has 1 saturated heterocycles. The van der Waals surface area contributed by atoms with Crippen molar-refractivity contribution in [1.29, 1.82) is 0 Å². The van der Waals surface area contributed by atoms with Crippen LogP contribution in [0.25, 0.3) is 0 Å². The zero-order valence-corrected chi connectivity index (χ0v) is 14.7. The Bertz CT molecular complexity index is 712. The molecule has 0 aromatic heterocycles. The SMILES string of the molecule is CC(C(O)c1ccccc1)N1CCN(c2cccc(C(F)(F)F)c2)CC1. The summed E-state index contributed by atoms with van der Waals surface area (Å²) < 4.78 is 38.7. The highest BCUT2D eigenvalue weighted by atomic mass is 19.4. The Labute approximate surface area is 151 Å². The fourth-order valence-corrected chi connectivity index (χ4v) is 3.39. The zero-order valence-electron chi connectivity index (χ0n) is 14.7. The second-order valence-electron chi connectivity index (χ2n) is 6.67. The molecule has 1 heterocycles. The fourth-order valence-electron chi connectivity index (χ4n) is 3.39. The summed E-state index contributed by atoms with van der Waals surface area (Å²) in [5, 5.41) is 10.6. The van der Waals surface area contributed by atoms with E-state index >= 15 is 0 Å². The third kappa shape index (κ3) is 4.19. The smallest absolute Gasteiger partial charge is 0.387 e. The van der Waals surface area contributed by atoms with Crippen LogP contribution >= 0.6 is 0 Å². The Hall–Kier alpha value is -2.05. The van der Waals surface area contributed by atoms with Gasteiger partial charge >= 0.3 is 6.18 Å². The molecule has 26 heavy (non-hydrogen) atoms. The quantitative estimate of drug-likeness (QED) is 0.890. The Balaban J connectivity index is 1.62. The minimum Gasteiger partial charge on any atom is -0.387 e. The Kier molecular flexibility index (Phi) is 5.53. The standard InChI is InChI=1S/C20H23F3N2O/c1-15(19(26)16-6-3-2-4-7-16)24-10-12-25(13-11-24)18-9-5-8-17(14-18)20(21,22)23/h2-9,14-15,19,26H,10-13H2,1H3. The number of hydrogen-bond acceptors (Lipinski definition) is 3. The first-order valence-corrected chi connectivity index (χ1v) is 8.75. The molecule has 6 heteroatoms. The molecule has 2 aromatic carbocycles. The molecule has 1 N–H and O–H groups in total. The van der Waals surface area contributed by atoms with Crippen LogP contribution in [-0.2, 0) is 6.18 Å². The van der Waals surface area contributed by atoms with Crippen molar-refractivity contribution in [3.63, 3.8) is 0 Å². The van der Waals surface area contributed by atoms with E-state index in [1.165, 1.54) is 12.1 Å². The number of benzene rings is 2. The van der Waals surface area contributed by atoms with Crippen molar-refractivity contribution in [3.05, 3.63) is 65.7 Å². The van der Waals surface area contributed by atoms with E-state index in [1.807, 2.05) is 42.2 Å². The summed E-state index contributed by atoms with van der Waals surface area (Å²) in [7, 11) is 0. The van der Waals surface area contributed by atoms with Crippen molar-refractivity contribution in [3.8, 4) is 0 Å². The summed E-state index contributed by atoms with van der Waals surface area (Å²) in [6.45, 7) is 4.64.